The van der Waals surface area contributed by atoms with Gasteiger partial charge in [-0.2, -0.15) is 0 Å². The third-order valence-electron chi connectivity index (χ3n) is 3.72. The molecule has 1 unspecified atom stereocenters. The van der Waals surface area contributed by atoms with Crippen LogP contribution in [-0.4, -0.2) is 34.5 Å². The van der Waals surface area contributed by atoms with Gasteiger partial charge in [0.05, 0.1) is 24.7 Å². The van der Waals surface area contributed by atoms with Gasteiger partial charge in [0.2, 0.25) is 0 Å². The number of fused-ring (bicyclic) bond motifs is 1. The number of aromatic nitrogens is 2. The monoisotopic (exact) mass is 312 g/mol. The molecule has 5 heteroatoms. The normalized spacial score (nSPS) is 12.3. The molecule has 0 aliphatic carbocycles. The predicted molar refractivity (Wildman–Crippen MR) is 89.0 cm³/mol. The molecule has 120 valence electrons. The van der Waals surface area contributed by atoms with E-state index in [1.807, 2.05) is 54.0 Å². The quantitative estimate of drug-likeness (QED) is 0.760. The first-order chi connectivity index (χ1) is 11.2. The van der Waals surface area contributed by atoms with Gasteiger partial charge in [-0.05, 0) is 31.2 Å². The van der Waals surface area contributed by atoms with Crippen LogP contribution >= 0.6 is 0 Å². The van der Waals surface area contributed by atoms with E-state index >= 15 is 0 Å². The molecule has 0 aliphatic rings. The molecule has 3 aromatic rings. The van der Waals surface area contributed by atoms with Crippen molar-refractivity contribution in [2.24, 2.45) is 0 Å². The van der Waals surface area contributed by atoms with Crippen LogP contribution in [0.2, 0.25) is 0 Å². The summed E-state index contributed by atoms with van der Waals surface area (Å²) in [6.45, 7) is 2.59. The molecule has 0 fully saturated rings. The number of ether oxygens (including phenoxy) is 2. The highest BCUT2D eigenvalue weighted by Gasteiger charge is 2.12. The minimum atomic E-state index is -0.627. The van der Waals surface area contributed by atoms with Gasteiger partial charge in [-0.15, -0.1) is 0 Å². The van der Waals surface area contributed by atoms with Gasteiger partial charge in [-0.3, -0.25) is 0 Å². The number of para-hydroxylation sites is 2. The molecule has 1 atom stereocenters. The number of aliphatic hydroxyl groups is 1. The lowest BCUT2D eigenvalue weighted by atomic mass is 10.3. The molecule has 3 rings (SSSR count). The summed E-state index contributed by atoms with van der Waals surface area (Å²) in [6.07, 6.45) is -0.627. The van der Waals surface area contributed by atoms with E-state index in [0.717, 1.165) is 22.6 Å². The molecule has 5 nitrogen and oxygen atoms in total. The van der Waals surface area contributed by atoms with Crippen molar-refractivity contribution in [3.63, 3.8) is 0 Å². The zero-order valence-electron chi connectivity index (χ0n) is 13.3. The summed E-state index contributed by atoms with van der Waals surface area (Å²) >= 11 is 0. The third-order valence-corrected chi connectivity index (χ3v) is 3.72. The van der Waals surface area contributed by atoms with Gasteiger partial charge in [0, 0.05) is 6.07 Å². The summed E-state index contributed by atoms with van der Waals surface area (Å²) in [7, 11) is 1.61. The summed E-state index contributed by atoms with van der Waals surface area (Å²) in [6, 6.07) is 15.2. The Morgan fingerprint density at radius 3 is 2.74 bits per heavy atom. The summed E-state index contributed by atoms with van der Waals surface area (Å²) in [5.74, 6) is 2.29. The maximum atomic E-state index is 10.3. The standard InChI is InChI=1S/C18H20N2O3/c1-13-19-17-8-3-4-9-18(17)20(13)11-14(21)12-23-16-7-5-6-15(10-16)22-2/h3-10,14,21H,11-12H2,1-2H3. The fourth-order valence-electron chi connectivity index (χ4n) is 2.57. The van der Waals surface area contributed by atoms with Gasteiger partial charge in [0.15, 0.2) is 0 Å². The molecule has 0 bridgehead atoms. The molecule has 0 radical (unpaired) electrons. The topological polar surface area (TPSA) is 56.5 Å². The highest BCUT2D eigenvalue weighted by Crippen LogP contribution is 2.20. The maximum absolute atomic E-state index is 10.3. The Balaban J connectivity index is 1.66. The van der Waals surface area contributed by atoms with Crippen molar-refractivity contribution in [3.8, 4) is 11.5 Å². The summed E-state index contributed by atoms with van der Waals surface area (Å²) in [5, 5.41) is 10.3. The Morgan fingerprint density at radius 2 is 1.91 bits per heavy atom. The molecular weight excluding hydrogens is 292 g/mol. The Kier molecular flexibility index (Phi) is 4.48. The van der Waals surface area contributed by atoms with E-state index in [-0.39, 0.29) is 6.61 Å². The summed E-state index contributed by atoms with van der Waals surface area (Å²) in [4.78, 5) is 4.50. The molecule has 1 heterocycles. The first kappa shape index (κ1) is 15.4. The van der Waals surface area contributed by atoms with Gasteiger partial charge in [-0.1, -0.05) is 18.2 Å². The number of benzene rings is 2. The second-order valence-electron chi connectivity index (χ2n) is 5.40. The lowest BCUT2D eigenvalue weighted by molar-refractivity contribution is 0.0928. The van der Waals surface area contributed by atoms with Crippen molar-refractivity contribution in [2.45, 2.75) is 19.6 Å². The first-order valence-corrected chi connectivity index (χ1v) is 7.54. The third kappa shape index (κ3) is 3.46. The molecule has 0 saturated carbocycles. The largest absolute Gasteiger partial charge is 0.497 e. The van der Waals surface area contributed by atoms with Crippen LogP contribution in [-0.2, 0) is 6.54 Å². The van der Waals surface area contributed by atoms with Crippen molar-refractivity contribution in [1.82, 2.24) is 9.55 Å². The fourth-order valence-corrected chi connectivity index (χ4v) is 2.57. The van der Waals surface area contributed by atoms with Crippen LogP contribution in [0.4, 0.5) is 0 Å². The van der Waals surface area contributed by atoms with Crippen LogP contribution in [0, 0.1) is 6.92 Å². The first-order valence-electron chi connectivity index (χ1n) is 7.54. The maximum Gasteiger partial charge on any atom is 0.123 e. The lowest BCUT2D eigenvalue weighted by Crippen LogP contribution is -2.24. The van der Waals surface area contributed by atoms with E-state index in [1.54, 1.807) is 13.2 Å². The zero-order chi connectivity index (χ0) is 16.2. The van der Waals surface area contributed by atoms with Crippen LogP contribution in [0.1, 0.15) is 5.82 Å². The Bertz CT molecular complexity index is 798. The van der Waals surface area contributed by atoms with E-state index < -0.39 is 6.10 Å². The van der Waals surface area contributed by atoms with Gasteiger partial charge < -0.3 is 19.1 Å². The second-order valence-corrected chi connectivity index (χ2v) is 5.40. The average molecular weight is 312 g/mol. The van der Waals surface area contributed by atoms with E-state index in [2.05, 4.69) is 4.98 Å². The predicted octanol–water partition coefficient (Wildman–Crippen LogP) is 2.79. The van der Waals surface area contributed by atoms with Crippen LogP contribution in [0.15, 0.2) is 48.5 Å². The van der Waals surface area contributed by atoms with E-state index in [9.17, 15) is 5.11 Å². The highest BCUT2D eigenvalue weighted by molar-refractivity contribution is 5.75. The van der Waals surface area contributed by atoms with Crippen molar-refractivity contribution < 1.29 is 14.6 Å². The highest BCUT2D eigenvalue weighted by atomic mass is 16.5. The molecule has 2 aromatic carbocycles. The van der Waals surface area contributed by atoms with E-state index in [4.69, 9.17) is 9.47 Å². The van der Waals surface area contributed by atoms with E-state index in [0.29, 0.717) is 12.3 Å². The number of rotatable bonds is 6. The van der Waals surface area contributed by atoms with Crippen LogP contribution in [0.3, 0.4) is 0 Å². The van der Waals surface area contributed by atoms with Gasteiger partial charge in [0.25, 0.3) is 0 Å². The average Bonchev–Trinajstić information content (AvgIpc) is 2.89. The van der Waals surface area contributed by atoms with Crippen molar-refractivity contribution in [3.05, 3.63) is 54.4 Å². The molecular formula is C18H20N2O3. The number of methoxy groups -OCH3 is 1. The number of hydrogen-bond acceptors (Lipinski definition) is 4. The molecule has 0 aliphatic heterocycles. The number of nitrogens with zero attached hydrogens (tertiary/aromatic N) is 2. The van der Waals surface area contributed by atoms with Crippen LogP contribution in [0.5, 0.6) is 11.5 Å². The zero-order valence-corrected chi connectivity index (χ0v) is 13.3. The van der Waals surface area contributed by atoms with Gasteiger partial charge in [-0.25, -0.2) is 4.98 Å². The summed E-state index contributed by atoms with van der Waals surface area (Å²) < 4.78 is 12.8. The number of hydrogen-bond donors (Lipinski definition) is 1. The lowest BCUT2D eigenvalue weighted by Gasteiger charge is -2.15. The molecule has 23 heavy (non-hydrogen) atoms. The number of aliphatic hydroxyl groups excluding tert-OH is 1. The number of aryl methyl sites for hydroxylation is 1. The molecule has 0 spiro atoms. The molecule has 0 saturated heterocycles. The Morgan fingerprint density at radius 1 is 1.13 bits per heavy atom. The minimum Gasteiger partial charge on any atom is -0.497 e. The Hall–Kier alpha value is -2.53. The fraction of sp³-hybridized carbons (Fsp3) is 0.278. The second kappa shape index (κ2) is 6.71. The van der Waals surface area contributed by atoms with Gasteiger partial charge in [0.1, 0.15) is 30.0 Å². The van der Waals surface area contributed by atoms with Gasteiger partial charge >= 0.3 is 0 Å². The molecule has 1 N–H and O–H groups in total. The van der Waals surface area contributed by atoms with Crippen molar-refractivity contribution in [2.75, 3.05) is 13.7 Å². The number of imidazole rings is 1. The Labute approximate surface area is 135 Å². The SMILES string of the molecule is COc1cccc(OCC(O)Cn2c(C)nc3ccccc32)c1. The molecule has 1 aromatic heterocycles. The minimum absolute atomic E-state index is 0.207. The van der Waals surface area contributed by atoms with Crippen LogP contribution < -0.4 is 9.47 Å². The van der Waals surface area contributed by atoms with Crippen molar-refractivity contribution >= 4 is 11.0 Å². The van der Waals surface area contributed by atoms with Crippen LogP contribution in [0.25, 0.3) is 11.0 Å². The van der Waals surface area contributed by atoms with E-state index in [1.165, 1.54) is 0 Å². The molecule has 0 amide bonds. The summed E-state index contributed by atoms with van der Waals surface area (Å²) in [5.41, 5.74) is 1.95. The van der Waals surface area contributed by atoms with Crippen molar-refractivity contribution in [1.29, 1.82) is 0 Å². The smallest absolute Gasteiger partial charge is 0.123 e.